The number of aromatic nitrogens is 2. The van der Waals surface area contributed by atoms with Gasteiger partial charge in [0.05, 0.1) is 0 Å². The fraction of sp³-hybridized carbons (Fsp3) is 0.238. The molecule has 1 fully saturated rings. The van der Waals surface area contributed by atoms with E-state index < -0.39 is 10.0 Å². The van der Waals surface area contributed by atoms with Crippen LogP contribution in [0.15, 0.2) is 72.0 Å². The van der Waals surface area contributed by atoms with E-state index in [0.29, 0.717) is 0 Å². The molecule has 1 saturated heterocycles. The summed E-state index contributed by atoms with van der Waals surface area (Å²) in [7, 11) is -3.62. The van der Waals surface area contributed by atoms with Crippen LogP contribution in [0.3, 0.4) is 0 Å². The average molecular weight is 428 g/mol. The quantitative estimate of drug-likeness (QED) is 0.651. The molecule has 30 heavy (non-hydrogen) atoms. The van der Waals surface area contributed by atoms with E-state index in [1.165, 1.54) is 30.6 Å². The fourth-order valence-corrected chi connectivity index (χ4v) is 4.34. The first kappa shape index (κ1) is 20.2. The van der Waals surface area contributed by atoms with Crippen molar-refractivity contribution in [2.45, 2.75) is 11.4 Å². The fourth-order valence-electron chi connectivity index (χ4n) is 3.36. The molecule has 0 radical (unpaired) electrons. The highest BCUT2D eigenvalue weighted by Gasteiger charge is 2.19. The first-order valence-corrected chi connectivity index (χ1v) is 11.1. The molecule has 0 saturated carbocycles. The number of nitrogens with zero attached hydrogens (tertiary/aromatic N) is 4. The number of nitrogens with one attached hydrogen (secondary N) is 1. The monoisotopic (exact) mass is 427 g/mol. The zero-order valence-corrected chi connectivity index (χ0v) is 17.1. The van der Waals surface area contributed by atoms with Gasteiger partial charge in [-0.3, -0.25) is 4.98 Å². The average Bonchev–Trinajstić information content (AvgIpc) is 2.79. The molecule has 1 aliphatic rings. The molecule has 4 rings (SSSR count). The molecule has 0 bridgehead atoms. The zero-order valence-electron chi connectivity index (χ0n) is 16.3. The third-order valence-corrected chi connectivity index (χ3v) is 6.40. The second kappa shape index (κ2) is 8.76. The SMILES string of the molecule is O=S(=O)(NCc1ccnc(N2CCN(c3ccc(F)cc3)CC2)c1)c1cccnc1. The van der Waals surface area contributed by atoms with Gasteiger partial charge in [0.15, 0.2) is 0 Å². The minimum atomic E-state index is -3.62. The topological polar surface area (TPSA) is 78.4 Å². The molecular weight excluding hydrogens is 405 g/mol. The highest BCUT2D eigenvalue weighted by Crippen LogP contribution is 2.20. The van der Waals surface area contributed by atoms with Crippen molar-refractivity contribution in [3.8, 4) is 0 Å². The van der Waals surface area contributed by atoms with Gasteiger partial charge >= 0.3 is 0 Å². The predicted octanol–water partition coefficient (Wildman–Crippen LogP) is 2.42. The van der Waals surface area contributed by atoms with Crippen LogP contribution in [0.25, 0.3) is 0 Å². The molecule has 0 unspecified atom stereocenters. The number of anilines is 2. The van der Waals surface area contributed by atoms with E-state index in [4.69, 9.17) is 0 Å². The summed E-state index contributed by atoms with van der Waals surface area (Å²) < 4.78 is 40.5. The van der Waals surface area contributed by atoms with Crippen molar-refractivity contribution in [3.63, 3.8) is 0 Å². The predicted molar refractivity (Wildman–Crippen MR) is 113 cm³/mol. The summed E-state index contributed by atoms with van der Waals surface area (Å²) >= 11 is 0. The lowest BCUT2D eigenvalue weighted by atomic mass is 10.2. The van der Waals surface area contributed by atoms with Gasteiger partial charge in [0, 0.05) is 57.0 Å². The van der Waals surface area contributed by atoms with Gasteiger partial charge in [-0.2, -0.15) is 0 Å². The number of sulfonamides is 1. The molecule has 1 aromatic carbocycles. The van der Waals surface area contributed by atoms with Crippen LogP contribution in [0.2, 0.25) is 0 Å². The molecule has 1 N–H and O–H groups in total. The van der Waals surface area contributed by atoms with E-state index in [9.17, 15) is 12.8 Å². The molecule has 156 valence electrons. The number of hydrogen-bond acceptors (Lipinski definition) is 6. The summed E-state index contributed by atoms with van der Waals surface area (Å²) in [4.78, 5) is 12.8. The number of benzene rings is 1. The second-order valence-corrected chi connectivity index (χ2v) is 8.75. The van der Waals surface area contributed by atoms with E-state index in [-0.39, 0.29) is 17.3 Å². The Morgan fingerprint density at radius 3 is 2.40 bits per heavy atom. The number of halogens is 1. The normalized spacial score (nSPS) is 14.7. The van der Waals surface area contributed by atoms with Gasteiger partial charge < -0.3 is 9.80 Å². The highest BCUT2D eigenvalue weighted by atomic mass is 32.2. The summed E-state index contributed by atoms with van der Waals surface area (Å²) in [6, 6.07) is 13.3. The van der Waals surface area contributed by atoms with Gasteiger partial charge in [0.25, 0.3) is 0 Å². The maximum Gasteiger partial charge on any atom is 0.242 e. The second-order valence-electron chi connectivity index (χ2n) is 6.99. The summed E-state index contributed by atoms with van der Waals surface area (Å²) in [5.74, 6) is 0.574. The molecule has 3 heterocycles. The Hall–Kier alpha value is -3.04. The Labute approximate surface area is 175 Å². The van der Waals surface area contributed by atoms with Crippen molar-refractivity contribution in [3.05, 3.63) is 78.5 Å². The highest BCUT2D eigenvalue weighted by molar-refractivity contribution is 7.89. The molecule has 0 aliphatic carbocycles. The van der Waals surface area contributed by atoms with Crippen LogP contribution < -0.4 is 14.5 Å². The Morgan fingerprint density at radius 1 is 0.967 bits per heavy atom. The van der Waals surface area contributed by atoms with Crippen molar-refractivity contribution in [2.24, 2.45) is 0 Å². The van der Waals surface area contributed by atoms with Gasteiger partial charge in [0.2, 0.25) is 10.0 Å². The number of rotatable bonds is 6. The van der Waals surface area contributed by atoms with E-state index in [2.05, 4.69) is 24.5 Å². The van der Waals surface area contributed by atoms with E-state index >= 15 is 0 Å². The molecule has 0 amide bonds. The van der Waals surface area contributed by atoms with Crippen LogP contribution in [0.4, 0.5) is 15.9 Å². The lowest BCUT2D eigenvalue weighted by molar-refractivity contribution is 0.580. The van der Waals surface area contributed by atoms with Crippen LogP contribution in [0.5, 0.6) is 0 Å². The Bertz CT molecular complexity index is 1090. The third-order valence-electron chi connectivity index (χ3n) is 5.02. The van der Waals surface area contributed by atoms with E-state index in [1.54, 1.807) is 30.5 Å². The standard InChI is InChI=1S/C21H22FN5O2S/c22-18-3-5-19(6-4-18)26-10-12-27(13-11-26)21-14-17(7-9-24-21)15-25-30(28,29)20-2-1-8-23-16-20/h1-9,14,16,25H,10-13,15H2. The van der Waals surface area contributed by atoms with Crippen molar-refractivity contribution >= 4 is 21.5 Å². The first-order chi connectivity index (χ1) is 14.5. The maximum atomic E-state index is 13.1. The van der Waals surface area contributed by atoms with E-state index in [0.717, 1.165) is 43.2 Å². The Kier molecular flexibility index (Phi) is 5.91. The Balaban J connectivity index is 1.37. The third kappa shape index (κ3) is 4.74. The summed E-state index contributed by atoms with van der Waals surface area (Å²) in [5.41, 5.74) is 1.83. The lowest BCUT2D eigenvalue weighted by Crippen LogP contribution is -2.46. The van der Waals surface area contributed by atoms with Gasteiger partial charge in [-0.15, -0.1) is 0 Å². The van der Waals surface area contributed by atoms with Crippen LogP contribution in [-0.2, 0) is 16.6 Å². The minimum Gasteiger partial charge on any atom is -0.368 e. The van der Waals surface area contributed by atoms with Crippen molar-refractivity contribution in [1.29, 1.82) is 0 Å². The molecular formula is C21H22FN5O2S. The molecule has 0 spiro atoms. The van der Waals surface area contributed by atoms with Gasteiger partial charge in [-0.05, 0) is 54.1 Å². The van der Waals surface area contributed by atoms with E-state index in [1.807, 2.05) is 6.07 Å². The maximum absolute atomic E-state index is 13.1. The van der Waals surface area contributed by atoms with Crippen LogP contribution in [0, 0.1) is 5.82 Å². The summed E-state index contributed by atoms with van der Waals surface area (Å²) in [5, 5.41) is 0. The van der Waals surface area contributed by atoms with Crippen LogP contribution >= 0.6 is 0 Å². The largest absolute Gasteiger partial charge is 0.368 e. The minimum absolute atomic E-state index is 0.135. The number of piperazine rings is 1. The van der Waals surface area contributed by atoms with Gasteiger partial charge in [-0.1, -0.05) is 0 Å². The van der Waals surface area contributed by atoms with Gasteiger partial charge in [-0.25, -0.2) is 22.5 Å². The number of hydrogen-bond donors (Lipinski definition) is 1. The van der Waals surface area contributed by atoms with Crippen molar-refractivity contribution in [2.75, 3.05) is 36.0 Å². The Morgan fingerprint density at radius 2 is 1.70 bits per heavy atom. The smallest absolute Gasteiger partial charge is 0.242 e. The lowest BCUT2D eigenvalue weighted by Gasteiger charge is -2.36. The summed E-state index contributed by atoms with van der Waals surface area (Å²) in [6.45, 7) is 3.31. The molecule has 2 aromatic heterocycles. The molecule has 1 aliphatic heterocycles. The van der Waals surface area contributed by atoms with Crippen molar-refractivity contribution < 1.29 is 12.8 Å². The number of pyridine rings is 2. The molecule has 0 atom stereocenters. The van der Waals surface area contributed by atoms with Crippen LogP contribution in [0.1, 0.15) is 5.56 Å². The van der Waals surface area contributed by atoms with Crippen LogP contribution in [-0.4, -0.2) is 44.6 Å². The van der Waals surface area contributed by atoms with Gasteiger partial charge in [0.1, 0.15) is 16.5 Å². The zero-order chi connectivity index (χ0) is 21.0. The molecule has 3 aromatic rings. The van der Waals surface area contributed by atoms with Crippen molar-refractivity contribution in [1.82, 2.24) is 14.7 Å². The molecule has 7 nitrogen and oxygen atoms in total. The first-order valence-electron chi connectivity index (χ1n) is 9.61. The summed E-state index contributed by atoms with van der Waals surface area (Å²) in [6.07, 6.45) is 4.54. The molecule has 9 heteroatoms.